The van der Waals surface area contributed by atoms with E-state index in [0.29, 0.717) is 30.8 Å². The van der Waals surface area contributed by atoms with Gasteiger partial charge in [0.15, 0.2) is 0 Å². The second-order valence-corrected chi connectivity index (χ2v) is 7.81. The van der Waals surface area contributed by atoms with Gasteiger partial charge >= 0.3 is 0 Å². The van der Waals surface area contributed by atoms with Crippen LogP contribution in [0.15, 0.2) is 24.5 Å². The van der Waals surface area contributed by atoms with Crippen LogP contribution in [0, 0.1) is 11.8 Å². The molecule has 5 heteroatoms. The second-order valence-electron chi connectivity index (χ2n) is 7.81. The normalized spacial score (nSPS) is 33.6. The molecular formula is C19H27N3O2. The first kappa shape index (κ1) is 16.0. The molecule has 3 fully saturated rings. The van der Waals surface area contributed by atoms with Crippen LogP contribution in [-0.4, -0.2) is 52.2 Å². The fourth-order valence-corrected chi connectivity index (χ4v) is 4.74. The maximum atomic E-state index is 12.6. The minimum absolute atomic E-state index is 0.241. The molecule has 3 saturated heterocycles. The first-order chi connectivity index (χ1) is 11.6. The zero-order valence-corrected chi connectivity index (χ0v) is 14.6. The van der Waals surface area contributed by atoms with Crippen LogP contribution in [0.3, 0.4) is 0 Å². The summed E-state index contributed by atoms with van der Waals surface area (Å²) in [5, 5.41) is 0. The van der Waals surface area contributed by atoms with Crippen molar-refractivity contribution >= 4 is 5.91 Å². The first-order valence-corrected chi connectivity index (χ1v) is 9.17. The van der Waals surface area contributed by atoms with Gasteiger partial charge in [-0.1, -0.05) is 19.9 Å². The summed E-state index contributed by atoms with van der Waals surface area (Å²) in [5.41, 5.74) is 0.917. The van der Waals surface area contributed by atoms with Crippen molar-refractivity contribution in [3.8, 4) is 0 Å². The van der Waals surface area contributed by atoms with Crippen molar-refractivity contribution in [1.29, 1.82) is 0 Å². The topological polar surface area (TPSA) is 45.7 Å². The quantitative estimate of drug-likeness (QED) is 0.853. The Morgan fingerprint density at radius 1 is 1.46 bits per heavy atom. The van der Waals surface area contributed by atoms with E-state index in [1.165, 1.54) is 5.56 Å². The van der Waals surface area contributed by atoms with E-state index in [4.69, 9.17) is 4.74 Å². The Balaban J connectivity index is 1.52. The minimum atomic E-state index is -0.338. The summed E-state index contributed by atoms with van der Waals surface area (Å²) in [6.07, 6.45) is 6.30. The molecule has 5 nitrogen and oxygen atoms in total. The zero-order chi connectivity index (χ0) is 16.7. The van der Waals surface area contributed by atoms with Gasteiger partial charge < -0.3 is 9.64 Å². The third-order valence-electron chi connectivity index (χ3n) is 6.02. The third-order valence-corrected chi connectivity index (χ3v) is 6.02. The summed E-state index contributed by atoms with van der Waals surface area (Å²) in [7, 11) is 0. The number of nitrogens with zero attached hydrogens (tertiary/aromatic N) is 3. The van der Waals surface area contributed by atoms with Crippen LogP contribution in [0.2, 0.25) is 0 Å². The smallest absolute Gasteiger partial charge is 0.225 e. The molecule has 0 bridgehead atoms. The lowest BCUT2D eigenvalue weighted by Crippen LogP contribution is -2.65. The Morgan fingerprint density at radius 3 is 3.08 bits per heavy atom. The van der Waals surface area contributed by atoms with Gasteiger partial charge in [-0.3, -0.25) is 14.7 Å². The van der Waals surface area contributed by atoms with Crippen molar-refractivity contribution in [2.45, 2.75) is 51.4 Å². The first-order valence-electron chi connectivity index (χ1n) is 9.17. The highest BCUT2D eigenvalue weighted by molar-refractivity contribution is 5.78. The van der Waals surface area contributed by atoms with Gasteiger partial charge in [0.25, 0.3) is 0 Å². The highest BCUT2D eigenvalue weighted by Gasteiger charge is 2.58. The lowest BCUT2D eigenvalue weighted by atomic mass is 9.79. The van der Waals surface area contributed by atoms with Crippen LogP contribution in [0.4, 0.5) is 0 Å². The molecule has 4 rings (SSSR count). The summed E-state index contributed by atoms with van der Waals surface area (Å²) >= 11 is 0. The molecule has 24 heavy (non-hydrogen) atoms. The fourth-order valence-electron chi connectivity index (χ4n) is 4.74. The van der Waals surface area contributed by atoms with Crippen LogP contribution >= 0.6 is 0 Å². The highest BCUT2D eigenvalue weighted by atomic mass is 16.5. The predicted octanol–water partition coefficient (Wildman–Crippen LogP) is 2.28. The average Bonchev–Trinajstić information content (AvgIpc) is 2.98. The molecule has 0 N–H and O–H groups in total. The van der Waals surface area contributed by atoms with Crippen molar-refractivity contribution in [3.63, 3.8) is 0 Å². The third kappa shape index (κ3) is 2.54. The van der Waals surface area contributed by atoms with Crippen molar-refractivity contribution in [1.82, 2.24) is 14.8 Å². The van der Waals surface area contributed by atoms with E-state index in [9.17, 15) is 4.79 Å². The molecular weight excluding hydrogens is 302 g/mol. The minimum Gasteiger partial charge on any atom is -0.353 e. The van der Waals surface area contributed by atoms with Crippen molar-refractivity contribution in [2.24, 2.45) is 11.8 Å². The molecule has 1 amide bonds. The summed E-state index contributed by atoms with van der Waals surface area (Å²) in [6, 6.07) is 4.37. The number of hydrogen-bond donors (Lipinski definition) is 0. The molecule has 1 aromatic rings. The van der Waals surface area contributed by atoms with Crippen molar-refractivity contribution < 1.29 is 9.53 Å². The molecule has 1 aromatic heterocycles. The Labute approximate surface area is 144 Å². The Hall–Kier alpha value is -1.46. The van der Waals surface area contributed by atoms with E-state index in [1.807, 2.05) is 18.5 Å². The van der Waals surface area contributed by atoms with Crippen LogP contribution in [0.1, 0.15) is 38.7 Å². The lowest BCUT2D eigenvalue weighted by Gasteiger charge is -2.53. The van der Waals surface area contributed by atoms with Gasteiger partial charge in [0.2, 0.25) is 5.91 Å². The number of piperidine rings is 2. The van der Waals surface area contributed by atoms with E-state index >= 15 is 0 Å². The molecule has 3 aliphatic rings. The average molecular weight is 329 g/mol. The molecule has 1 spiro atoms. The van der Waals surface area contributed by atoms with Gasteiger partial charge in [-0.25, -0.2) is 0 Å². The van der Waals surface area contributed by atoms with Crippen LogP contribution in [0.25, 0.3) is 0 Å². The highest BCUT2D eigenvalue weighted by Crippen LogP contribution is 2.47. The molecule has 0 saturated carbocycles. The van der Waals surface area contributed by atoms with Gasteiger partial charge in [0.1, 0.15) is 5.72 Å². The van der Waals surface area contributed by atoms with E-state index in [-0.39, 0.29) is 11.8 Å². The number of amides is 1. The Morgan fingerprint density at radius 2 is 2.33 bits per heavy atom. The number of ether oxygens (including phenoxy) is 1. The number of likely N-dealkylation sites (tertiary alicyclic amines) is 1. The summed E-state index contributed by atoms with van der Waals surface area (Å²) < 4.78 is 6.36. The number of aromatic nitrogens is 1. The molecule has 0 aliphatic carbocycles. The monoisotopic (exact) mass is 329 g/mol. The molecule has 2 unspecified atom stereocenters. The summed E-state index contributed by atoms with van der Waals surface area (Å²) in [6.45, 7) is 8.00. The molecule has 130 valence electrons. The van der Waals surface area contributed by atoms with E-state index < -0.39 is 0 Å². The van der Waals surface area contributed by atoms with Crippen molar-refractivity contribution in [3.05, 3.63) is 30.1 Å². The molecule has 3 atom stereocenters. The zero-order valence-electron chi connectivity index (χ0n) is 14.6. The van der Waals surface area contributed by atoms with Crippen LogP contribution < -0.4 is 0 Å². The maximum Gasteiger partial charge on any atom is 0.225 e. The van der Waals surface area contributed by atoms with E-state index in [0.717, 1.165) is 32.5 Å². The SMILES string of the molecule is CC(C)[C@@H]1COC23CCN(Cc4cccnc4)CC2CCC(=O)N13. The number of hydrogen-bond acceptors (Lipinski definition) is 4. The van der Waals surface area contributed by atoms with Gasteiger partial charge in [-0.15, -0.1) is 0 Å². The van der Waals surface area contributed by atoms with Gasteiger partial charge in [-0.2, -0.15) is 0 Å². The Bertz CT molecular complexity index is 606. The van der Waals surface area contributed by atoms with E-state index in [1.54, 1.807) is 0 Å². The molecule has 3 aliphatic heterocycles. The number of carbonyl (C=O) groups excluding carboxylic acids is 1. The standard InChI is InChI=1S/C19H27N3O2/c1-14(2)17-13-24-19-7-9-21(11-15-4-3-8-20-10-15)12-16(19)5-6-18(23)22(17)19/h3-4,8,10,14,16-17H,5-7,9,11-13H2,1-2H3/t16?,17-,19?/m0/s1. The van der Waals surface area contributed by atoms with Gasteiger partial charge in [0, 0.05) is 50.8 Å². The summed E-state index contributed by atoms with van der Waals surface area (Å²) in [5.74, 6) is 1.16. The predicted molar refractivity (Wildman–Crippen MR) is 91.0 cm³/mol. The number of rotatable bonds is 3. The summed E-state index contributed by atoms with van der Waals surface area (Å²) in [4.78, 5) is 21.5. The van der Waals surface area contributed by atoms with Crippen LogP contribution in [-0.2, 0) is 16.1 Å². The van der Waals surface area contributed by atoms with Gasteiger partial charge in [-0.05, 0) is 24.0 Å². The van der Waals surface area contributed by atoms with E-state index in [2.05, 4.69) is 34.7 Å². The number of carbonyl (C=O) groups is 1. The van der Waals surface area contributed by atoms with Crippen molar-refractivity contribution in [2.75, 3.05) is 19.7 Å². The largest absolute Gasteiger partial charge is 0.353 e. The molecule has 4 heterocycles. The fraction of sp³-hybridized carbons (Fsp3) is 0.684. The maximum absolute atomic E-state index is 12.6. The second kappa shape index (κ2) is 6.12. The number of pyridine rings is 1. The molecule has 0 radical (unpaired) electrons. The van der Waals surface area contributed by atoms with Gasteiger partial charge in [0.05, 0.1) is 12.6 Å². The molecule has 0 aromatic carbocycles. The lowest BCUT2D eigenvalue weighted by molar-refractivity contribution is -0.193. The Kier molecular flexibility index (Phi) is 4.09. The van der Waals surface area contributed by atoms with Crippen LogP contribution in [0.5, 0.6) is 0 Å².